The van der Waals surface area contributed by atoms with E-state index in [2.05, 4.69) is 10.3 Å². The number of hydrogen-bond acceptors (Lipinski definition) is 4. The molecule has 1 amide bonds. The lowest BCUT2D eigenvalue weighted by Gasteiger charge is -2.27. The zero-order valence-corrected chi connectivity index (χ0v) is 13.2. The summed E-state index contributed by atoms with van der Waals surface area (Å²) in [6, 6.07) is 4.39. The van der Waals surface area contributed by atoms with Gasteiger partial charge in [0, 0.05) is 19.2 Å². The minimum Gasteiger partial charge on any atom is -0.391 e. The highest BCUT2D eigenvalue weighted by Gasteiger charge is 2.41. The molecule has 1 aromatic heterocycles. The summed E-state index contributed by atoms with van der Waals surface area (Å²) in [5.41, 5.74) is -0.760. The number of hydrogen-bond donors (Lipinski definition) is 1. The maximum absolute atomic E-state index is 13.3. The Balaban J connectivity index is 1.81. The molecule has 2 aromatic rings. The molecule has 1 saturated heterocycles. The second-order valence-electron chi connectivity index (χ2n) is 5.95. The maximum Gasteiger partial charge on any atom is 0.416 e. The summed E-state index contributed by atoms with van der Waals surface area (Å²) in [5.74, 6) is -0.325. The average Bonchev–Trinajstić information content (AvgIpc) is 3.21. The quantitative estimate of drug-likeness (QED) is 0.912. The number of rotatable bonds is 4. The first-order valence-corrected chi connectivity index (χ1v) is 7.84. The van der Waals surface area contributed by atoms with Crippen LogP contribution in [0.5, 0.6) is 0 Å². The lowest BCUT2D eigenvalue weighted by molar-refractivity contribution is -0.140. The van der Waals surface area contributed by atoms with E-state index in [1.165, 1.54) is 34.0 Å². The van der Waals surface area contributed by atoms with Crippen molar-refractivity contribution in [3.8, 4) is 0 Å². The first kappa shape index (κ1) is 17.4. The summed E-state index contributed by atoms with van der Waals surface area (Å²) in [6.45, 7) is 0.298. The number of nitrogens with zero attached hydrogens (tertiary/aromatic N) is 4. The molecule has 1 aliphatic heterocycles. The van der Waals surface area contributed by atoms with Crippen LogP contribution in [-0.2, 0) is 17.5 Å². The van der Waals surface area contributed by atoms with E-state index in [4.69, 9.17) is 0 Å². The van der Waals surface area contributed by atoms with Crippen LogP contribution in [0.25, 0.3) is 0 Å². The van der Waals surface area contributed by atoms with E-state index in [0.29, 0.717) is 0 Å². The van der Waals surface area contributed by atoms with Gasteiger partial charge in [0.15, 0.2) is 0 Å². The van der Waals surface area contributed by atoms with E-state index in [9.17, 15) is 23.1 Å². The van der Waals surface area contributed by atoms with Gasteiger partial charge in [-0.25, -0.2) is 0 Å². The first-order chi connectivity index (χ1) is 11.9. The smallest absolute Gasteiger partial charge is 0.391 e. The van der Waals surface area contributed by atoms with Crippen LogP contribution in [0.1, 0.15) is 30.0 Å². The van der Waals surface area contributed by atoms with Gasteiger partial charge < -0.3 is 10.0 Å². The number of aryl methyl sites for hydroxylation is 1. The molecule has 1 fully saturated rings. The fourth-order valence-electron chi connectivity index (χ4n) is 3.14. The van der Waals surface area contributed by atoms with E-state index < -0.39 is 23.9 Å². The number of aromatic nitrogens is 3. The number of carbonyl (C=O) groups is 1. The Kier molecular flexibility index (Phi) is 4.76. The molecule has 1 aliphatic rings. The molecular formula is C16H17F3N4O2. The number of alkyl halides is 3. The number of aliphatic hydroxyl groups is 1. The predicted molar refractivity (Wildman–Crippen MR) is 81.2 cm³/mol. The highest BCUT2D eigenvalue weighted by Crippen LogP contribution is 2.40. The highest BCUT2D eigenvalue weighted by molar-refractivity contribution is 5.77. The molecular weight excluding hydrogens is 337 g/mol. The molecule has 9 heteroatoms. The predicted octanol–water partition coefficient (Wildman–Crippen LogP) is 2.02. The van der Waals surface area contributed by atoms with E-state index in [-0.39, 0.29) is 37.4 Å². The van der Waals surface area contributed by atoms with Crippen LogP contribution in [0.3, 0.4) is 0 Å². The number of carbonyl (C=O) groups excluding carboxylic acids is 1. The molecule has 6 nitrogen and oxygen atoms in total. The van der Waals surface area contributed by atoms with Gasteiger partial charge in [-0.15, -0.1) is 5.10 Å². The second-order valence-corrected chi connectivity index (χ2v) is 5.95. The van der Waals surface area contributed by atoms with E-state index in [0.717, 1.165) is 6.07 Å². The molecule has 2 heterocycles. The lowest BCUT2D eigenvalue weighted by Crippen LogP contribution is -2.33. The summed E-state index contributed by atoms with van der Waals surface area (Å²) in [4.78, 5) is 13.8. The van der Waals surface area contributed by atoms with Gasteiger partial charge in [-0.05, 0) is 18.1 Å². The van der Waals surface area contributed by atoms with E-state index in [1.807, 2.05) is 0 Å². The standard InChI is InChI=1S/C16H17F3N4O2/c17-16(18,19)13-4-2-1-3-12(13)14-9-11(24)10-23(14)15(25)5-7-22-8-6-20-21-22/h1-4,6,8,11,14,24H,5,7,9-10H2/t11-,14-/m1/s1. The molecule has 0 radical (unpaired) electrons. The zero-order valence-electron chi connectivity index (χ0n) is 13.2. The van der Waals surface area contributed by atoms with Crippen molar-refractivity contribution in [3.05, 3.63) is 47.8 Å². The van der Waals surface area contributed by atoms with Gasteiger partial charge in [-0.2, -0.15) is 13.2 Å². The largest absolute Gasteiger partial charge is 0.416 e. The van der Waals surface area contributed by atoms with Crippen LogP contribution in [-0.4, -0.2) is 43.6 Å². The van der Waals surface area contributed by atoms with Gasteiger partial charge in [0.2, 0.25) is 5.91 Å². The van der Waals surface area contributed by atoms with Crippen molar-refractivity contribution in [1.82, 2.24) is 19.9 Å². The second kappa shape index (κ2) is 6.83. The zero-order chi connectivity index (χ0) is 18.0. The Hall–Kier alpha value is -2.42. The maximum atomic E-state index is 13.3. The van der Waals surface area contributed by atoms with Gasteiger partial charge in [0.25, 0.3) is 0 Å². The summed E-state index contributed by atoms with van der Waals surface area (Å²) in [7, 11) is 0. The Labute approximate surface area is 141 Å². The third-order valence-corrected chi connectivity index (χ3v) is 4.25. The molecule has 25 heavy (non-hydrogen) atoms. The van der Waals surface area contributed by atoms with Crippen molar-refractivity contribution >= 4 is 5.91 Å². The van der Waals surface area contributed by atoms with Gasteiger partial charge in [0.05, 0.1) is 30.5 Å². The van der Waals surface area contributed by atoms with Gasteiger partial charge in [0.1, 0.15) is 0 Å². The summed E-state index contributed by atoms with van der Waals surface area (Å²) < 4.78 is 41.3. The normalized spacial score (nSPS) is 20.9. The summed E-state index contributed by atoms with van der Waals surface area (Å²) in [6.07, 6.45) is -2.13. The van der Waals surface area contributed by atoms with Crippen molar-refractivity contribution in [2.75, 3.05) is 6.54 Å². The van der Waals surface area contributed by atoms with Crippen LogP contribution in [0.2, 0.25) is 0 Å². The van der Waals surface area contributed by atoms with Crippen molar-refractivity contribution in [2.24, 2.45) is 0 Å². The Morgan fingerprint density at radius 1 is 1.32 bits per heavy atom. The lowest BCUT2D eigenvalue weighted by atomic mass is 9.97. The fourth-order valence-corrected chi connectivity index (χ4v) is 3.14. The molecule has 134 valence electrons. The van der Waals surface area contributed by atoms with E-state index >= 15 is 0 Å². The molecule has 2 atom stereocenters. The topological polar surface area (TPSA) is 71.2 Å². The number of β-amino-alcohol motifs (C(OH)–C–C–N with tert-alkyl or cyclic N) is 1. The molecule has 1 aromatic carbocycles. The van der Waals surface area contributed by atoms with E-state index in [1.54, 1.807) is 6.20 Å². The van der Waals surface area contributed by atoms with Gasteiger partial charge >= 0.3 is 6.18 Å². The Morgan fingerprint density at radius 3 is 2.76 bits per heavy atom. The van der Waals surface area contributed by atoms with Crippen molar-refractivity contribution in [3.63, 3.8) is 0 Å². The molecule has 0 spiro atoms. The first-order valence-electron chi connectivity index (χ1n) is 7.84. The molecule has 3 rings (SSSR count). The molecule has 0 unspecified atom stereocenters. The summed E-state index contributed by atoms with van der Waals surface area (Å²) in [5, 5.41) is 17.3. The van der Waals surface area contributed by atoms with Crippen LogP contribution in [0.4, 0.5) is 13.2 Å². The van der Waals surface area contributed by atoms with Crippen LogP contribution in [0, 0.1) is 0 Å². The number of halogens is 3. The molecule has 0 aliphatic carbocycles. The monoisotopic (exact) mass is 354 g/mol. The van der Waals surface area contributed by atoms with Crippen LogP contribution < -0.4 is 0 Å². The van der Waals surface area contributed by atoms with Crippen LogP contribution >= 0.6 is 0 Å². The third-order valence-electron chi connectivity index (χ3n) is 4.25. The van der Waals surface area contributed by atoms with Gasteiger partial charge in [-0.1, -0.05) is 23.4 Å². The average molecular weight is 354 g/mol. The number of benzene rings is 1. The number of amides is 1. The molecule has 0 saturated carbocycles. The Bertz CT molecular complexity index is 733. The molecule has 0 bridgehead atoms. The Morgan fingerprint density at radius 2 is 2.08 bits per heavy atom. The highest BCUT2D eigenvalue weighted by atomic mass is 19.4. The van der Waals surface area contributed by atoms with Crippen molar-refractivity contribution in [2.45, 2.75) is 37.7 Å². The van der Waals surface area contributed by atoms with Crippen LogP contribution in [0.15, 0.2) is 36.7 Å². The summed E-state index contributed by atoms with van der Waals surface area (Å²) >= 11 is 0. The SMILES string of the molecule is O=C(CCn1ccnn1)N1C[C@H](O)C[C@@H]1c1ccccc1C(F)(F)F. The molecule has 1 N–H and O–H groups in total. The van der Waals surface area contributed by atoms with Crippen molar-refractivity contribution < 1.29 is 23.1 Å². The van der Waals surface area contributed by atoms with Crippen molar-refractivity contribution in [1.29, 1.82) is 0 Å². The third kappa shape index (κ3) is 3.81. The minimum absolute atomic E-state index is 0.0145. The number of likely N-dealkylation sites (tertiary alicyclic amines) is 1. The minimum atomic E-state index is -4.51. The van der Waals surface area contributed by atoms with Gasteiger partial charge in [-0.3, -0.25) is 9.48 Å². The fraction of sp³-hybridized carbons (Fsp3) is 0.438. The number of aliphatic hydroxyl groups excluding tert-OH is 1.